The molecule has 6 nitrogen and oxygen atoms in total. The van der Waals surface area contributed by atoms with Gasteiger partial charge in [0.05, 0.1) is 12.3 Å². The molecule has 0 aliphatic heterocycles. The standard InChI is InChI=1S/C13H13BrN4O2/c1-3-20-13(19)9-7(2)17-12(18-11(9)15)10-8(14)5-4-6-16-10/h4-6H,3H2,1-2H3,(H2,15,17,18). The largest absolute Gasteiger partial charge is 0.462 e. The van der Waals surface area contributed by atoms with Gasteiger partial charge in [-0.1, -0.05) is 0 Å². The number of esters is 1. The third-order valence-electron chi connectivity index (χ3n) is 2.57. The highest BCUT2D eigenvalue weighted by Crippen LogP contribution is 2.25. The lowest BCUT2D eigenvalue weighted by Gasteiger charge is -2.09. The second kappa shape index (κ2) is 5.96. The quantitative estimate of drug-likeness (QED) is 0.865. The third-order valence-corrected chi connectivity index (χ3v) is 3.21. The molecule has 2 rings (SSSR count). The van der Waals surface area contributed by atoms with Gasteiger partial charge in [-0.25, -0.2) is 14.8 Å². The number of aryl methyl sites for hydroxylation is 1. The van der Waals surface area contributed by atoms with Crippen LogP contribution in [0.15, 0.2) is 22.8 Å². The second-order valence-corrected chi connectivity index (χ2v) is 4.80. The zero-order valence-electron chi connectivity index (χ0n) is 11.1. The van der Waals surface area contributed by atoms with Gasteiger partial charge < -0.3 is 10.5 Å². The van der Waals surface area contributed by atoms with E-state index in [1.165, 1.54) is 0 Å². The van der Waals surface area contributed by atoms with Crippen LogP contribution < -0.4 is 5.73 Å². The molecule has 0 aromatic carbocycles. The monoisotopic (exact) mass is 336 g/mol. The van der Waals surface area contributed by atoms with Gasteiger partial charge in [0.25, 0.3) is 0 Å². The predicted molar refractivity (Wildman–Crippen MR) is 78.1 cm³/mol. The lowest BCUT2D eigenvalue weighted by molar-refractivity contribution is 0.0526. The van der Waals surface area contributed by atoms with Gasteiger partial charge in [0.2, 0.25) is 0 Å². The van der Waals surface area contributed by atoms with Crippen LogP contribution in [-0.4, -0.2) is 27.5 Å². The summed E-state index contributed by atoms with van der Waals surface area (Å²) in [6.07, 6.45) is 1.63. The molecule has 0 spiro atoms. The zero-order chi connectivity index (χ0) is 14.7. The number of halogens is 1. The number of anilines is 1. The Kier molecular flexibility index (Phi) is 4.29. The lowest BCUT2D eigenvalue weighted by Crippen LogP contribution is -2.14. The lowest BCUT2D eigenvalue weighted by atomic mass is 10.2. The molecule has 104 valence electrons. The number of carbonyl (C=O) groups is 1. The zero-order valence-corrected chi connectivity index (χ0v) is 12.6. The van der Waals surface area contributed by atoms with Crippen LogP contribution in [-0.2, 0) is 4.74 Å². The maximum absolute atomic E-state index is 11.8. The highest BCUT2D eigenvalue weighted by Gasteiger charge is 2.19. The van der Waals surface area contributed by atoms with E-state index in [9.17, 15) is 4.79 Å². The molecule has 20 heavy (non-hydrogen) atoms. The van der Waals surface area contributed by atoms with E-state index in [0.717, 1.165) is 4.47 Å². The Hall–Kier alpha value is -2.02. The van der Waals surface area contributed by atoms with Gasteiger partial charge >= 0.3 is 5.97 Å². The molecule has 7 heteroatoms. The van der Waals surface area contributed by atoms with Gasteiger partial charge in [-0.2, -0.15) is 0 Å². The molecular formula is C13H13BrN4O2. The van der Waals surface area contributed by atoms with Crippen LogP contribution >= 0.6 is 15.9 Å². The van der Waals surface area contributed by atoms with Gasteiger partial charge in [0, 0.05) is 10.7 Å². The van der Waals surface area contributed by atoms with E-state index >= 15 is 0 Å². The van der Waals surface area contributed by atoms with Crippen molar-refractivity contribution in [3.63, 3.8) is 0 Å². The maximum Gasteiger partial charge on any atom is 0.343 e. The molecule has 0 aliphatic carbocycles. The summed E-state index contributed by atoms with van der Waals surface area (Å²) in [7, 11) is 0. The fourth-order valence-electron chi connectivity index (χ4n) is 1.71. The molecule has 0 bridgehead atoms. The molecule has 0 saturated heterocycles. The van der Waals surface area contributed by atoms with E-state index < -0.39 is 5.97 Å². The predicted octanol–water partition coefficient (Wildman–Crippen LogP) is 2.37. The molecule has 2 N–H and O–H groups in total. The van der Waals surface area contributed by atoms with Gasteiger partial charge in [-0.05, 0) is 41.9 Å². The van der Waals surface area contributed by atoms with E-state index in [2.05, 4.69) is 30.9 Å². The second-order valence-electron chi connectivity index (χ2n) is 3.95. The summed E-state index contributed by atoms with van der Waals surface area (Å²) in [6.45, 7) is 3.68. The molecule has 0 saturated carbocycles. The Morgan fingerprint density at radius 3 is 2.80 bits per heavy atom. The maximum atomic E-state index is 11.8. The number of ether oxygens (including phenoxy) is 1. The van der Waals surface area contributed by atoms with Crippen molar-refractivity contribution in [1.82, 2.24) is 15.0 Å². The van der Waals surface area contributed by atoms with E-state index in [1.54, 1.807) is 26.1 Å². The van der Waals surface area contributed by atoms with E-state index in [-0.39, 0.29) is 18.0 Å². The van der Waals surface area contributed by atoms with Crippen molar-refractivity contribution in [3.05, 3.63) is 34.1 Å². The molecule has 2 aromatic heterocycles. The summed E-state index contributed by atoms with van der Waals surface area (Å²) < 4.78 is 5.69. The van der Waals surface area contributed by atoms with Crippen LogP contribution in [0.2, 0.25) is 0 Å². The first-order chi connectivity index (χ1) is 9.54. The van der Waals surface area contributed by atoms with Crippen molar-refractivity contribution in [2.24, 2.45) is 0 Å². The minimum Gasteiger partial charge on any atom is -0.462 e. The Bertz CT molecular complexity index is 638. The number of hydrogen-bond donors (Lipinski definition) is 1. The summed E-state index contributed by atoms with van der Waals surface area (Å²) in [5.74, 6) is -0.0711. The Balaban J connectivity index is 2.51. The summed E-state index contributed by atoms with van der Waals surface area (Å²) in [4.78, 5) is 24.4. The SMILES string of the molecule is CCOC(=O)c1c(C)nc(-c2ncccc2Br)nc1N. The third kappa shape index (κ3) is 2.77. The van der Waals surface area contributed by atoms with Crippen molar-refractivity contribution in [1.29, 1.82) is 0 Å². The van der Waals surface area contributed by atoms with E-state index in [4.69, 9.17) is 10.5 Å². The fraction of sp³-hybridized carbons (Fsp3) is 0.231. The summed E-state index contributed by atoms with van der Waals surface area (Å²) in [5.41, 5.74) is 7.07. The van der Waals surface area contributed by atoms with Gasteiger partial charge in [-0.15, -0.1) is 0 Å². The molecule has 0 aliphatic rings. The molecular weight excluding hydrogens is 324 g/mol. The van der Waals surface area contributed by atoms with Gasteiger partial charge in [-0.3, -0.25) is 4.98 Å². The van der Waals surface area contributed by atoms with Crippen LogP contribution in [0.25, 0.3) is 11.5 Å². The topological polar surface area (TPSA) is 91.0 Å². The van der Waals surface area contributed by atoms with Crippen LogP contribution in [0.3, 0.4) is 0 Å². The number of carbonyl (C=O) groups excluding carboxylic acids is 1. The number of aromatic nitrogens is 3. The summed E-state index contributed by atoms with van der Waals surface area (Å²) >= 11 is 3.38. The molecule has 0 fully saturated rings. The smallest absolute Gasteiger partial charge is 0.343 e. The normalized spacial score (nSPS) is 10.3. The first-order valence-corrected chi connectivity index (χ1v) is 6.76. The first-order valence-electron chi connectivity index (χ1n) is 5.96. The number of nitrogen functional groups attached to an aromatic ring is 1. The van der Waals surface area contributed by atoms with Gasteiger partial charge in [0.1, 0.15) is 17.1 Å². The first kappa shape index (κ1) is 14.4. The molecule has 0 unspecified atom stereocenters. The summed E-state index contributed by atoms with van der Waals surface area (Å²) in [5, 5.41) is 0. The average Bonchev–Trinajstić information content (AvgIpc) is 2.38. The minimum atomic E-state index is -0.519. The Morgan fingerprint density at radius 1 is 1.45 bits per heavy atom. The average molecular weight is 337 g/mol. The number of nitrogens with two attached hydrogens (primary N) is 1. The van der Waals surface area contributed by atoms with Crippen LogP contribution in [0.1, 0.15) is 23.0 Å². The number of nitrogens with zero attached hydrogens (tertiary/aromatic N) is 3. The van der Waals surface area contributed by atoms with E-state index in [1.807, 2.05) is 6.07 Å². The van der Waals surface area contributed by atoms with E-state index in [0.29, 0.717) is 17.2 Å². The van der Waals surface area contributed by atoms with Gasteiger partial charge in [0.15, 0.2) is 5.82 Å². The molecule has 2 heterocycles. The number of hydrogen-bond acceptors (Lipinski definition) is 6. The van der Waals surface area contributed by atoms with Crippen molar-refractivity contribution in [3.8, 4) is 11.5 Å². The molecule has 2 aromatic rings. The highest BCUT2D eigenvalue weighted by molar-refractivity contribution is 9.10. The summed E-state index contributed by atoms with van der Waals surface area (Å²) in [6, 6.07) is 3.62. The minimum absolute atomic E-state index is 0.0866. The van der Waals surface area contributed by atoms with Crippen LogP contribution in [0.5, 0.6) is 0 Å². The number of pyridine rings is 1. The van der Waals surface area contributed by atoms with Crippen LogP contribution in [0, 0.1) is 6.92 Å². The Labute approximate surface area is 124 Å². The molecule has 0 atom stereocenters. The van der Waals surface area contributed by atoms with Crippen molar-refractivity contribution >= 4 is 27.7 Å². The molecule has 0 amide bonds. The highest BCUT2D eigenvalue weighted by atomic mass is 79.9. The number of rotatable bonds is 3. The van der Waals surface area contributed by atoms with Crippen LogP contribution in [0.4, 0.5) is 5.82 Å². The fourth-order valence-corrected chi connectivity index (χ4v) is 2.14. The Morgan fingerprint density at radius 2 is 2.20 bits per heavy atom. The van der Waals surface area contributed by atoms with Crippen molar-refractivity contribution in [2.75, 3.05) is 12.3 Å². The van der Waals surface area contributed by atoms with Crippen molar-refractivity contribution < 1.29 is 9.53 Å². The molecule has 0 radical (unpaired) electrons. The van der Waals surface area contributed by atoms with Crippen molar-refractivity contribution in [2.45, 2.75) is 13.8 Å².